The second-order valence-corrected chi connectivity index (χ2v) is 7.84. The first-order valence-corrected chi connectivity index (χ1v) is 9.90. The van der Waals surface area contributed by atoms with E-state index in [9.17, 15) is 14.7 Å². The van der Waals surface area contributed by atoms with Crippen LogP contribution in [0, 0.1) is 13.8 Å². The second kappa shape index (κ2) is 8.71. The molecule has 1 saturated heterocycles. The maximum Gasteiger partial charge on any atom is 0.295 e. The summed E-state index contributed by atoms with van der Waals surface area (Å²) in [5.41, 5.74) is 3.35. The number of methoxy groups -OCH3 is 1. The van der Waals surface area contributed by atoms with Crippen molar-refractivity contribution in [2.24, 2.45) is 0 Å². The minimum Gasteiger partial charge on any atom is -0.507 e. The van der Waals surface area contributed by atoms with Crippen LogP contribution in [0.3, 0.4) is 0 Å². The predicted molar refractivity (Wildman–Crippen MR) is 116 cm³/mol. The van der Waals surface area contributed by atoms with Crippen LogP contribution < -0.4 is 4.74 Å². The Morgan fingerprint density at radius 2 is 1.80 bits per heavy atom. The van der Waals surface area contributed by atoms with Crippen LogP contribution in [0.2, 0.25) is 0 Å². The molecule has 2 aromatic carbocycles. The molecule has 1 heterocycles. The van der Waals surface area contributed by atoms with Crippen molar-refractivity contribution in [2.75, 3.05) is 34.3 Å². The minimum absolute atomic E-state index is 0.0894. The van der Waals surface area contributed by atoms with Crippen LogP contribution in [-0.2, 0) is 9.59 Å². The van der Waals surface area contributed by atoms with Gasteiger partial charge in [-0.3, -0.25) is 9.59 Å². The van der Waals surface area contributed by atoms with Crippen LogP contribution in [0.4, 0.5) is 0 Å². The molecule has 0 aliphatic carbocycles. The summed E-state index contributed by atoms with van der Waals surface area (Å²) < 4.78 is 5.51. The van der Waals surface area contributed by atoms with Crippen molar-refractivity contribution in [3.8, 4) is 5.75 Å². The van der Waals surface area contributed by atoms with Crippen molar-refractivity contribution in [2.45, 2.75) is 19.9 Å². The van der Waals surface area contributed by atoms with Crippen molar-refractivity contribution in [1.82, 2.24) is 9.80 Å². The SMILES string of the molecule is COc1ccccc1C1/C(=C(\O)c2ccc(C)c(C)c2)C(=O)C(=O)N1CCN(C)C. The largest absolute Gasteiger partial charge is 0.507 e. The first-order chi connectivity index (χ1) is 14.3. The number of amides is 1. The number of aryl methyl sites for hydroxylation is 2. The lowest BCUT2D eigenvalue weighted by Crippen LogP contribution is -2.35. The lowest BCUT2D eigenvalue weighted by Gasteiger charge is -2.27. The number of aliphatic hydroxyl groups excluding tert-OH is 1. The van der Waals surface area contributed by atoms with Gasteiger partial charge >= 0.3 is 0 Å². The maximum absolute atomic E-state index is 13.0. The van der Waals surface area contributed by atoms with E-state index in [1.807, 2.05) is 63.2 Å². The zero-order valence-corrected chi connectivity index (χ0v) is 18.1. The molecule has 0 bridgehead atoms. The Morgan fingerprint density at radius 1 is 1.10 bits per heavy atom. The molecule has 1 aliphatic rings. The van der Waals surface area contributed by atoms with Gasteiger partial charge in [-0.2, -0.15) is 0 Å². The van der Waals surface area contributed by atoms with Gasteiger partial charge in [-0.15, -0.1) is 0 Å². The summed E-state index contributed by atoms with van der Waals surface area (Å²) in [5, 5.41) is 11.1. The summed E-state index contributed by atoms with van der Waals surface area (Å²) in [6.07, 6.45) is 0. The fourth-order valence-corrected chi connectivity index (χ4v) is 3.68. The van der Waals surface area contributed by atoms with Crippen LogP contribution in [0.15, 0.2) is 48.0 Å². The molecule has 3 rings (SSSR count). The van der Waals surface area contributed by atoms with Gasteiger partial charge in [-0.1, -0.05) is 30.3 Å². The van der Waals surface area contributed by atoms with Crippen LogP contribution in [0.1, 0.15) is 28.3 Å². The highest BCUT2D eigenvalue weighted by Crippen LogP contribution is 2.42. The number of ketones is 1. The second-order valence-electron chi connectivity index (χ2n) is 7.84. The number of aliphatic hydroxyl groups is 1. The molecule has 158 valence electrons. The zero-order chi connectivity index (χ0) is 22.0. The number of Topliss-reactive ketones (excluding diaryl/α,β-unsaturated/α-hetero) is 1. The van der Waals surface area contributed by atoms with E-state index in [-0.39, 0.29) is 11.3 Å². The molecular weight excluding hydrogens is 380 g/mol. The van der Waals surface area contributed by atoms with Gasteiger partial charge in [0, 0.05) is 24.2 Å². The standard InChI is InChI=1S/C24H28N2O4/c1-15-10-11-17(14-16(15)2)22(27)20-21(18-8-6-7-9-19(18)30-5)26(13-12-25(3)4)24(29)23(20)28/h6-11,14,21,27H,12-13H2,1-5H3/b22-20+. The van der Waals surface area contributed by atoms with E-state index in [1.165, 1.54) is 4.90 Å². The normalized spacial score (nSPS) is 18.3. The van der Waals surface area contributed by atoms with Gasteiger partial charge in [0.1, 0.15) is 11.5 Å². The van der Waals surface area contributed by atoms with E-state index in [2.05, 4.69) is 0 Å². The number of para-hydroxylation sites is 1. The Hall–Kier alpha value is -3.12. The number of likely N-dealkylation sites (N-methyl/N-ethyl adjacent to an activating group) is 1. The molecule has 0 spiro atoms. The summed E-state index contributed by atoms with van der Waals surface area (Å²) in [7, 11) is 5.36. The number of nitrogens with zero attached hydrogens (tertiary/aromatic N) is 2. The summed E-state index contributed by atoms with van der Waals surface area (Å²) in [5.74, 6) is -0.900. The van der Waals surface area contributed by atoms with Gasteiger partial charge in [0.15, 0.2) is 0 Å². The topological polar surface area (TPSA) is 70.1 Å². The highest BCUT2D eigenvalue weighted by atomic mass is 16.5. The Morgan fingerprint density at radius 3 is 2.43 bits per heavy atom. The molecule has 1 aliphatic heterocycles. The summed E-state index contributed by atoms with van der Waals surface area (Å²) in [6, 6.07) is 12.1. The number of carbonyl (C=O) groups is 2. The molecule has 6 nitrogen and oxygen atoms in total. The number of hydrogen-bond acceptors (Lipinski definition) is 5. The average Bonchev–Trinajstić information content (AvgIpc) is 2.98. The van der Waals surface area contributed by atoms with E-state index < -0.39 is 17.7 Å². The van der Waals surface area contributed by atoms with Crippen LogP contribution >= 0.6 is 0 Å². The molecule has 1 atom stereocenters. The van der Waals surface area contributed by atoms with E-state index in [1.54, 1.807) is 19.2 Å². The van der Waals surface area contributed by atoms with Gasteiger partial charge in [0.05, 0.1) is 18.7 Å². The maximum atomic E-state index is 13.0. The monoisotopic (exact) mass is 408 g/mol. The van der Waals surface area contributed by atoms with Gasteiger partial charge < -0.3 is 19.6 Å². The Kier molecular flexibility index (Phi) is 6.27. The molecule has 2 aromatic rings. The zero-order valence-electron chi connectivity index (χ0n) is 18.1. The van der Waals surface area contributed by atoms with Crippen molar-refractivity contribution in [3.05, 3.63) is 70.3 Å². The first kappa shape index (κ1) is 21.6. The fourth-order valence-electron chi connectivity index (χ4n) is 3.68. The van der Waals surface area contributed by atoms with Gasteiger partial charge in [0.2, 0.25) is 0 Å². The van der Waals surface area contributed by atoms with E-state index in [0.29, 0.717) is 30.0 Å². The predicted octanol–water partition coefficient (Wildman–Crippen LogP) is 3.30. The van der Waals surface area contributed by atoms with Gasteiger partial charge in [-0.25, -0.2) is 0 Å². The summed E-state index contributed by atoms with van der Waals surface area (Å²) in [6.45, 7) is 4.86. The highest BCUT2D eigenvalue weighted by molar-refractivity contribution is 6.46. The lowest BCUT2D eigenvalue weighted by molar-refractivity contribution is -0.140. The van der Waals surface area contributed by atoms with E-state index >= 15 is 0 Å². The molecule has 6 heteroatoms. The van der Waals surface area contributed by atoms with Crippen LogP contribution in [0.25, 0.3) is 5.76 Å². The molecule has 1 unspecified atom stereocenters. The Labute approximate surface area is 177 Å². The molecule has 0 saturated carbocycles. The first-order valence-electron chi connectivity index (χ1n) is 9.90. The molecule has 0 aromatic heterocycles. The van der Waals surface area contributed by atoms with Crippen molar-refractivity contribution in [1.29, 1.82) is 0 Å². The highest BCUT2D eigenvalue weighted by Gasteiger charge is 2.46. The number of hydrogen-bond donors (Lipinski definition) is 1. The van der Waals surface area contributed by atoms with Gasteiger partial charge in [0.25, 0.3) is 11.7 Å². The van der Waals surface area contributed by atoms with Crippen LogP contribution in [0.5, 0.6) is 5.75 Å². The average molecular weight is 408 g/mol. The molecule has 1 amide bonds. The van der Waals surface area contributed by atoms with Crippen molar-refractivity contribution in [3.63, 3.8) is 0 Å². The van der Waals surface area contributed by atoms with Crippen molar-refractivity contribution < 1.29 is 19.4 Å². The molecular formula is C24H28N2O4. The number of carbonyl (C=O) groups excluding carboxylic acids is 2. The third kappa shape index (κ3) is 3.96. The van der Waals surface area contributed by atoms with Gasteiger partial charge in [-0.05, 0) is 51.2 Å². The molecule has 1 fully saturated rings. The summed E-state index contributed by atoms with van der Waals surface area (Å²) in [4.78, 5) is 29.5. The number of benzene rings is 2. The molecule has 0 radical (unpaired) electrons. The van der Waals surface area contributed by atoms with Crippen LogP contribution in [-0.4, -0.2) is 60.9 Å². The molecule has 30 heavy (non-hydrogen) atoms. The third-order valence-corrected chi connectivity index (χ3v) is 5.54. The molecule has 1 N–H and O–H groups in total. The number of rotatable bonds is 6. The van der Waals surface area contributed by atoms with E-state index in [4.69, 9.17) is 4.74 Å². The smallest absolute Gasteiger partial charge is 0.295 e. The Balaban J connectivity index is 2.21. The van der Waals surface area contributed by atoms with Crippen molar-refractivity contribution >= 4 is 17.4 Å². The Bertz CT molecular complexity index is 1010. The van der Waals surface area contributed by atoms with E-state index in [0.717, 1.165) is 11.1 Å². The fraction of sp³-hybridized carbons (Fsp3) is 0.333. The quantitative estimate of drug-likeness (QED) is 0.451. The number of ether oxygens (including phenoxy) is 1. The third-order valence-electron chi connectivity index (χ3n) is 5.54. The minimum atomic E-state index is -0.720. The lowest BCUT2D eigenvalue weighted by atomic mass is 9.93. The number of likely N-dealkylation sites (tertiary alicyclic amines) is 1. The summed E-state index contributed by atoms with van der Waals surface area (Å²) >= 11 is 0.